The van der Waals surface area contributed by atoms with Crippen molar-refractivity contribution in [2.75, 3.05) is 11.1 Å². The Morgan fingerprint density at radius 2 is 1.93 bits per heavy atom. The number of aromatic nitrogens is 5. The first-order valence-corrected chi connectivity index (χ1v) is 11.1. The molecule has 7 nitrogen and oxygen atoms in total. The lowest BCUT2D eigenvalue weighted by Gasteiger charge is -2.08. The SMILES string of the molecule is C=CCn1c(CSc2nc(C)cc(C)n2)nnc1SCC(=O)Nc1ccccc1F. The number of halogens is 1. The average molecular weight is 445 g/mol. The zero-order chi connectivity index (χ0) is 21.5. The molecule has 3 aromatic rings. The predicted molar refractivity (Wildman–Crippen MR) is 117 cm³/mol. The highest BCUT2D eigenvalue weighted by molar-refractivity contribution is 7.99. The largest absolute Gasteiger partial charge is 0.323 e. The minimum atomic E-state index is -0.474. The van der Waals surface area contributed by atoms with Gasteiger partial charge in [0.2, 0.25) is 5.91 Å². The molecule has 3 rings (SSSR count). The van der Waals surface area contributed by atoms with Gasteiger partial charge in [0.1, 0.15) is 11.6 Å². The number of thioether (sulfide) groups is 2. The molecule has 0 saturated heterocycles. The minimum Gasteiger partial charge on any atom is -0.323 e. The Morgan fingerprint density at radius 1 is 1.20 bits per heavy atom. The van der Waals surface area contributed by atoms with E-state index in [1.807, 2.05) is 24.5 Å². The average Bonchev–Trinajstić information content (AvgIpc) is 3.08. The van der Waals surface area contributed by atoms with Crippen molar-refractivity contribution in [3.8, 4) is 0 Å². The number of rotatable bonds is 9. The maximum atomic E-state index is 13.7. The van der Waals surface area contributed by atoms with Crippen molar-refractivity contribution in [2.24, 2.45) is 0 Å². The van der Waals surface area contributed by atoms with Crippen LogP contribution in [0.4, 0.5) is 10.1 Å². The molecule has 1 amide bonds. The molecule has 30 heavy (non-hydrogen) atoms. The Morgan fingerprint density at radius 3 is 2.63 bits per heavy atom. The lowest BCUT2D eigenvalue weighted by atomic mass is 10.3. The minimum absolute atomic E-state index is 0.0803. The Balaban J connectivity index is 1.64. The fourth-order valence-corrected chi connectivity index (χ4v) is 4.27. The third-order valence-electron chi connectivity index (χ3n) is 3.88. The number of carbonyl (C=O) groups is 1. The smallest absolute Gasteiger partial charge is 0.234 e. The lowest BCUT2D eigenvalue weighted by molar-refractivity contribution is -0.113. The Hall–Kier alpha value is -2.72. The van der Waals surface area contributed by atoms with Crippen LogP contribution in [0.15, 0.2) is 53.3 Å². The highest BCUT2D eigenvalue weighted by atomic mass is 32.2. The summed E-state index contributed by atoms with van der Waals surface area (Å²) in [5.41, 5.74) is 1.98. The number of aryl methyl sites for hydroxylation is 2. The Labute approximate surface area is 182 Å². The van der Waals surface area contributed by atoms with E-state index in [-0.39, 0.29) is 17.3 Å². The molecule has 0 unspecified atom stereocenters. The van der Waals surface area contributed by atoms with Crippen molar-refractivity contribution in [1.29, 1.82) is 0 Å². The van der Waals surface area contributed by atoms with Crippen LogP contribution in [0.3, 0.4) is 0 Å². The van der Waals surface area contributed by atoms with Crippen LogP contribution in [0.1, 0.15) is 17.2 Å². The van der Waals surface area contributed by atoms with E-state index in [4.69, 9.17) is 0 Å². The van der Waals surface area contributed by atoms with Gasteiger partial charge in [-0.25, -0.2) is 14.4 Å². The molecule has 0 aliphatic heterocycles. The van der Waals surface area contributed by atoms with Crippen molar-refractivity contribution < 1.29 is 9.18 Å². The van der Waals surface area contributed by atoms with Crippen LogP contribution < -0.4 is 5.32 Å². The molecular weight excluding hydrogens is 423 g/mol. The van der Waals surface area contributed by atoms with Crippen LogP contribution in [0, 0.1) is 19.7 Å². The molecular formula is C20H21FN6OS2. The maximum absolute atomic E-state index is 13.7. The molecule has 0 atom stereocenters. The van der Waals surface area contributed by atoms with Gasteiger partial charge in [0.25, 0.3) is 0 Å². The zero-order valence-electron chi connectivity index (χ0n) is 16.6. The second kappa shape index (κ2) is 10.4. The number of hydrogen-bond donors (Lipinski definition) is 1. The molecule has 0 fully saturated rings. The van der Waals surface area contributed by atoms with E-state index in [0.29, 0.717) is 22.6 Å². The number of anilines is 1. The summed E-state index contributed by atoms with van der Waals surface area (Å²) in [6.07, 6.45) is 1.74. The number of allylic oxidation sites excluding steroid dienone is 1. The molecule has 2 heterocycles. The van der Waals surface area contributed by atoms with Crippen molar-refractivity contribution in [3.63, 3.8) is 0 Å². The normalized spacial score (nSPS) is 10.8. The summed E-state index contributed by atoms with van der Waals surface area (Å²) < 4.78 is 15.6. The molecule has 0 spiro atoms. The van der Waals surface area contributed by atoms with Crippen molar-refractivity contribution in [2.45, 2.75) is 36.5 Å². The molecule has 0 aliphatic rings. The number of hydrogen-bond acceptors (Lipinski definition) is 7. The van der Waals surface area contributed by atoms with Gasteiger partial charge in [0.15, 0.2) is 10.3 Å². The molecule has 1 aromatic carbocycles. The molecule has 10 heteroatoms. The van der Waals surface area contributed by atoms with Gasteiger partial charge in [-0.2, -0.15) is 0 Å². The van der Waals surface area contributed by atoms with Crippen molar-refractivity contribution in [1.82, 2.24) is 24.7 Å². The van der Waals surface area contributed by atoms with Gasteiger partial charge in [-0.1, -0.05) is 41.7 Å². The number of amides is 1. The van der Waals surface area contributed by atoms with E-state index in [1.54, 1.807) is 18.2 Å². The van der Waals surface area contributed by atoms with Crippen LogP contribution in [0.25, 0.3) is 0 Å². The van der Waals surface area contributed by atoms with Gasteiger partial charge in [-0.3, -0.25) is 4.79 Å². The molecule has 2 aromatic heterocycles. The van der Waals surface area contributed by atoms with Crippen molar-refractivity contribution in [3.05, 3.63) is 66.0 Å². The molecule has 156 valence electrons. The molecule has 0 aliphatic carbocycles. The van der Waals surface area contributed by atoms with Gasteiger partial charge < -0.3 is 9.88 Å². The fraction of sp³-hybridized carbons (Fsp3) is 0.250. The number of para-hydroxylation sites is 1. The second-order valence-electron chi connectivity index (χ2n) is 6.34. The van der Waals surface area contributed by atoms with Gasteiger partial charge in [0.05, 0.1) is 17.2 Å². The third-order valence-corrected chi connectivity index (χ3v) is 5.69. The lowest BCUT2D eigenvalue weighted by Crippen LogP contribution is -2.15. The maximum Gasteiger partial charge on any atom is 0.234 e. The highest BCUT2D eigenvalue weighted by Gasteiger charge is 2.15. The van der Waals surface area contributed by atoms with E-state index in [0.717, 1.165) is 17.2 Å². The number of benzene rings is 1. The highest BCUT2D eigenvalue weighted by Crippen LogP contribution is 2.23. The first-order chi connectivity index (χ1) is 14.5. The van der Waals surface area contributed by atoms with Gasteiger partial charge >= 0.3 is 0 Å². The van der Waals surface area contributed by atoms with Gasteiger partial charge in [0, 0.05) is 17.9 Å². The van der Waals surface area contributed by atoms with E-state index in [9.17, 15) is 9.18 Å². The summed E-state index contributed by atoms with van der Waals surface area (Å²) >= 11 is 2.71. The van der Waals surface area contributed by atoms with Crippen LogP contribution in [0.2, 0.25) is 0 Å². The van der Waals surface area contributed by atoms with E-state index in [2.05, 4.69) is 32.1 Å². The Kier molecular flexibility index (Phi) is 7.58. The van der Waals surface area contributed by atoms with E-state index >= 15 is 0 Å². The fourth-order valence-electron chi connectivity index (χ4n) is 2.61. The molecule has 0 radical (unpaired) electrons. The zero-order valence-corrected chi connectivity index (χ0v) is 18.3. The summed E-state index contributed by atoms with van der Waals surface area (Å²) in [6.45, 7) is 8.15. The van der Waals surface area contributed by atoms with Gasteiger partial charge in [-0.15, -0.1) is 16.8 Å². The number of nitrogens with zero attached hydrogens (tertiary/aromatic N) is 5. The summed E-state index contributed by atoms with van der Waals surface area (Å²) in [5, 5.41) is 12.3. The summed E-state index contributed by atoms with van der Waals surface area (Å²) in [5.74, 6) is 0.555. The quantitative estimate of drug-likeness (QED) is 0.303. The van der Waals surface area contributed by atoms with Crippen LogP contribution in [0.5, 0.6) is 0 Å². The Bertz CT molecular complexity index is 1040. The predicted octanol–water partition coefficient (Wildman–Crippen LogP) is 4.03. The third kappa shape index (κ3) is 5.90. The number of carbonyl (C=O) groups excluding carboxylic acids is 1. The second-order valence-corrected chi connectivity index (χ2v) is 8.22. The van der Waals surface area contributed by atoms with E-state index in [1.165, 1.54) is 35.7 Å². The first-order valence-electron chi connectivity index (χ1n) is 9.11. The monoisotopic (exact) mass is 444 g/mol. The van der Waals surface area contributed by atoms with Crippen LogP contribution in [-0.2, 0) is 17.1 Å². The van der Waals surface area contributed by atoms with Crippen LogP contribution >= 0.6 is 23.5 Å². The van der Waals surface area contributed by atoms with Crippen LogP contribution in [-0.4, -0.2) is 36.4 Å². The van der Waals surface area contributed by atoms with Crippen molar-refractivity contribution >= 4 is 35.1 Å². The summed E-state index contributed by atoms with van der Waals surface area (Å²) in [6, 6.07) is 7.97. The summed E-state index contributed by atoms with van der Waals surface area (Å²) in [7, 11) is 0. The number of nitrogens with one attached hydrogen (secondary N) is 1. The molecule has 0 bridgehead atoms. The first kappa shape index (κ1) is 22.0. The van der Waals surface area contributed by atoms with E-state index < -0.39 is 5.82 Å². The topological polar surface area (TPSA) is 85.6 Å². The van der Waals surface area contributed by atoms with Gasteiger partial charge in [-0.05, 0) is 32.0 Å². The standard InChI is InChI=1S/C20H21FN6OS2/c1-4-9-27-17(11-29-19-22-13(2)10-14(3)23-19)25-26-20(27)30-12-18(28)24-16-8-6-5-7-15(16)21/h4-8,10H,1,9,11-12H2,2-3H3,(H,24,28). The molecule has 1 N–H and O–H groups in total. The molecule has 0 saturated carbocycles. The summed E-state index contributed by atoms with van der Waals surface area (Å²) in [4.78, 5) is 21.0.